The third-order valence-corrected chi connectivity index (χ3v) is 17.1. The van der Waals surface area contributed by atoms with Crippen molar-refractivity contribution in [2.45, 2.75) is 0 Å². The average molecular weight is 961 g/mol. The molecule has 16 aromatic rings. The molecule has 2 heteroatoms. The summed E-state index contributed by atoms with van der Waals surface area (Å²) in [5.41, 5.74) is 22.6. The second-order valence-corrected chi connectivity index (χ2v) is 20.9. The third kappa shape index (κ3) is 5.34. The van der Waals surface area contributed by atoms with Crippen LogP contribution in [0.25, 0.3) is 187 Å². The Hall–Kier alpha value is -10.0. The van der Waals surface area contributed by atoms with Gasteiger partial charge in [-0.05, 0) is 157 Å². The highest BCUT2D eigenvalue weighted by atomic mass is 16.3. The van der Waals surface area contributed by atoms with Crippen LogP contribution in [0.2, 0.25) is 0 Å². The zero-order chi connectivity index (χ0) is 49.3. The molecular weight excluding hydrogens is 921 g/mol. The van der Waals surface area contributed by atoms with Gasteiger partial charge in [-0.3, -0.25) is 0 Å². The molecular formula is C74H40O2. The predicted octanol–water partition coefficient (Wildman–Crippen LogP) is 21.2. The highest BCUT2D eigenvalue weighted by molar-refractivity contribution is 6.31. The van der Waals surface area contributed by atoms with E-state index in [1.165, 1.54) is 98.4 Å². The molecule has 2 aliphatic rings. The SMILES string of the molecule is c1ccc(-c2cccc3c2oc2c(-c4cc5c6cc7c(cc6c(-c6cccc8c6oc6c(-c9ccccc9)cccc68)cc5c5cc6c(cc45)-c4cccc5cccc-6c45)-c4cccc5cccc-7c45)cccc23)cc1. The van der Waals surface area contributed by atoms with Gasteiger partial charge in [-0.1, -0.05) is 206 Å². The summed E-state index contributed by atoms with van der Waals surface area (Å²) in [7, 11) is 0. The highest BCUT2D eigenvalue weighted by Gasteiger charge is 2.29. The number of hydrogen-bond acceptors (Lipinski definition) is 2. The van der Waals surface area contributed by atoms with Crippen molar-refractivity contribution in [2.24, 2.45) is 0 Å². The van der Waals surface area contributed by atoms with Crippen molar-refractivity contribution in [2.75, 3.05) is 0 Å². The first-order valence-corrected chi connectivity index (χ1v) is 26.3. The van der Waals surface area contributed by atoms with E-state index in [9.17, 15) is 0 Å². The second kappa shape index (κ2) is 14.8. The van der Waals surface area contributed by atoms with E-state index in [-0.39, 0.29) is 0 Å². The number of rotatable bonds is 4. The summed E-state index contributed by atoms with van der Waals surface area (Å²) in [5.74, 6) is 0. The molecule has 0 radical (unpaired) electrons. The molecule has 0 bridgehead atoms. The summed E-state index contributed by atoms with van der Waals surface area (Å²) in [6, 6.07) is 89.8. The van der Waals surface area contributed by atoms with Crippen LogP contribution in [-0.2, 0) is 0 Å². The largest absolute Gasteiger partial charge is 0.455 e. The summed E-state index contributed by atoms with van der Waals surface area (Å²) >= 11 is 0. The molecule has 2 aromatic heterocycles. The standard InChI is InChI=1S/C74H40O2/c1-3-15-41(16-4-1)45-23-11-29-51-53-31-13-33-55(73(53)75-71(45)51)61-39-67-66-38-60-50-28-10-22-44-20-8-26-48(70(44)50)58(60)36-64(66)62(56-34-14-32-54-52-30-12-24-46(72(52)76-74(54)56)42-17-5-2-6-18-42)40-68(67)65-37-59-49-27-9-21-43-19-7-25-47(69(43)49)57(59)35-63(61)65/h1-40H. The minimum atomic E-state index is 0.891. The lowest BCUT2D eigenvalue weighted by molar-refractivity contribution is 0.671. The van der Waals surface area contributed by atoms with Gasteiger partial charge in [0.25, 0.3) is 0 Å². The fourth-order valence-electron chi connectivity index (χ4n) is 13.8. The zero-order valence-corrected chi connectivity index (χ0v) is 40.9. The molecule has 0 N–H and O–H groups in total. The van der Waals surface area contributed by atoms with Gasteiger partial charge in [-0.25, -0.2) is 0 Å². The topological polar surface area (TPSA) is 26.3 Å². The van der Waals surface area contributed by atoms with E-state index in [4.69, 9.17) is 8.83 Å². The Morgan fingerprint density at radius 1 is 0.171 bits per heavy atom. The molecule has 0 fully saturated rings. The molecule has 18 rings (SSSR count). The van der Waals surface area contributed by atoms with Gasteiger partial charge in [0, 0.05) is 43.8 Å². The van der Waals surface area contributed by atoms with Gasteiger partial charge in [0.1, 0.15) is 22.3 Å². The van der Waals surface area contributed by atoms with E-state index in [0.29, 0.717) is 0 Å². The van der Waals surface area contributed by atoms with Gasteiger partial charge in [-0.2, -0.15) is 0 Å². The van der Waals surface area contributed by atoms with Crippen LogP contribution in [-0.4, -0.2) is 0 Å². The maximum absolute atomic E-state index is 7.26. The van der Waals surface area contributed by atoms with Gasteiger partial charge in [0.2, 0.25) is 0 Å². The molecule has 348 valence electrons. The molecule has 0 saturated heterocycles. The third-order valence-electron chi connectivity index (χ3n) is 17.1. The van der Waals surface area contributed by atoms with Crippen molar-refractivity contribution in [1.82, 2.24) is 0 Å². The first kappa shape index (κ1) is 40.5. The Kier molecular flexibility index (Phi) is 7.89. The van der Waals surface area contributed by atoms with Crippen molar-refractivity contribution in [1.29, 1.82) is 0 Å². The maximum Gasteiger partial charge on any atom is 0.143 e. The lowest BCUT2D eigenvalue weighted by Gasteiger charge is -2.19. The van der Waals surface area contributed by atoms with Crippen LogP contribution >= 0.6 is 0 Å². The Bertz CT molecular complexity index is 4920. The highest BCUT2D eigenvalue weighted by Crippen LogP contribution is 2.55. The van der Waals surface area contributed by atoms with E-state index in [1.54, 1.807) is 0 Å². The van der Waals surface area contributed by atoms with Gasteiger partial charge in [0.15, 0.2) is 0 Å². The first-order chi connectivity index (χ1) is 37.7. The van der Waals surface area contributed by atoms with Crippen LogP contribution in [0.5, 0.6) is 0 Å². The smallest absolute Gasteiger partial charge is 0.143 e. The Morgan fingerprint density at radius 3 is 0.816 bits per heavy atom. The molecule has 2 heterocycles. The molecule has 2 aliphatic carbocycles. The molecule has 0 saturated carbocycles. The van der Waals surface area contributed by atoms with E-state index in [0.717, 1.165) is 88.4 Å². The maximum atomic E-state index is 7.26. The van der Waals surface area contributed by atoms with Crippen LogP contribution in [0.3, 0.4) is 0 Å². The molecule has 0 amide bonds. The molecule has 76 heavy (non-hydrogen) atoms. The van der Waals surface area contributed by atoms with Crippen LogP contribution in [0.15, 0.2) is 251 Å². The second-order valence-electron chi connectivity index (χ2n) is 20.9. The predicted molar refractivity (Wildman–Crippen MR) is 319 cm³/mol. The number of hydrogen-bond donors (Lipinski definition) is 0. The minimum absolute atomic E-state index is 0.891. The lowest BCUT2D eigenvalue weighted by atomic mass is 9.84. The average Bonchev–Trinajstić information content (AvgIpc) is 4.37. The van der Waals surface area contributed by atoms with Gasteiger partial charge < -0.3 is 8.83 Å². The summed E-state index contributed by atoms with van der Waals surface area (Å²) in [5, 5.41) is 16.8. The van der Waals surface area contributed by atoms with Crippen LogP contribution < -0.4 is 0 Å². The van der Waals surface area contributed by atoms with Crippen LogP contribution in [0.1, 0.15) is 0 Å². The molecule has 0 atom stereocenters. The Balaban J connectivity index is 1.00. The fourth-order valence-corrected chi connectivity index (χ4v) is 13.8. The van der Waals surface area contributed by atoms with Crippen molar-refractivity contribution in [3.05, 3.63) is 243 Å². The van der Waals surface area contributed by atoms with E-state index >= 15 is 0 Å². The van der Waals surface area contributed by atoms with Crippen molar-refractivity contribution in [3.8, 4) is 89.0 Å². The quantitative estimate of drug-likeness (QED) is 0.164. The number of para-hydroxylation sites is 4. The van der Waals surface area contributed by atoms with E-state index in [2.05, 4.69) is 243 Å². The molecule has 0 spiro atoms. The number of benzene rings is 14. The normalized spacial score (nSPS) is 12.5. The van der Waals surface area contributed by atoms with Crippen molar-refractivity contribution >= 4 is 97.7 Å². The fraction of sp³-hybridized carbons (Fsp3) is 0. The van der Waals surface area contributed by atoms with E-state index < -0.39 is 0 Å². The minimum Gasteiger partial charge on any atom is -0.455 e. The number of furan rings is 2. The summed E-state index contributed by atoms with van der Waals surface area (Å²) in [6.07, 6.45) is 0. The Morgan fingerprint density at radius 2 is 0.447 bits per heavy atom. The van der Waals surface area contributed by atoms with Gasteiger partial charge in [-0.15, -0.1) is 0 Å². The Labute approximate surface area is 435 Å². The summed E-state index contributed by atoms with van der Waals surface area (Å²) in [6.45, 7) is 0. The zero-order valence-electron chi connectivity index (χ0n) is 40.9. The number of fused-ring (bicyclic) bond motifs is 17. The lowest BCUT2D eigenvalue weighted by Crippen LogP contribution is -1.92. The van der Waals surface area contributed by atoms with Gasteiger partial charge in [0.05, 0.1) is 0 Å². The summed E-state index contributed by atoms with van der Waals surface area (Å²) < 4.78 is 14.5. The molecule has 0 aliphatic heterocycles. The molecule has 14 aromatic carbocycles. The first-order valence-electron chi connectivity index (χ1n) is 26.3. The van der Waals surface area contributed by atoms with Crippen molar-refractivity contribution in [3.63, 3.8) is 0 Å². The molecule has 0 unspecified atom stereocenters. The van der Waals surface area contributed by atoms with Crippen molar-refractivity contribution < 1.29 is 8.83 Å². The van der Waals surface area contributed by atoms with Gasteiger partial charge >= 0.3 is 0 Å². The van der Waals surface area contributed by atoms with E-state index in [1.807, 2.05) is 0 Å². The molecule has 2 nitrogen and oxygen atoms in total. The van der Waals surface area contributed by atoms with Crippen LogP contribution in [0.4, 0.5) is 0 Å². The van der Waals surface area contributed by atoms with Crippen LogP contribution in [0, 0.1) is 0 Å². The summed E-state index contributed by atoms with van der Waals surface area (Å²) in [4.78, 5) is 0. The monoisotopic (exact) mass is 960 g/mol.